The van der Waals surface area contributed by atoms with E-state index in [0.717, 1.165) is 11.4 Å². The molecule has 1 N–H and O–H groups in total. The fourth-order valence-electron chi connectivity index (χ4n) is 1.96. The fourth-order valence-corrected chi connectivity index (χ4v) is 1.96. The number of carbonyl (C=O) groups excluding carboxylic acids is 1. The van der Waals surface area contributed by atoms with Gasteiger partial charge in [0.05, 0.1) is 0 Å². The Morgan fingerprint density at radius 3 is 2.32 bits per heavy atom. The van der Waals surface area contributed by atoms with Gasteiger partial charge in [-0.05, 0) is 36.4 Å². The third-order valence-electron chi connectivity index (χ3n) is 3.04. The third-order valence-corrected chi connectivity index (χ3v) is 3.04. The lowest BCUT2D eigenvalue weighted by molar-refractivity contribution is 0.0992. The molecule has 0 spiro atoms. The van der Waals surface area contributed by atoms with E-state index in [1.165, 1.54) is 0 Å². The number of carbonyl (C=O) groups is 1. The van der Waals surface area contributed by atoms with Crippen LogP contribution in [0.5, 0.6) is 5.75 Å². The first-order valence-electron chi connectivity index (χ1n) is 6.94. The van der Waals surface area contributed by atoms with E-state index in [1.807, 2.05) is 60.7 Å². The molecule has 2 aromatic carbocycles. The number of hydrogen-bond acceptors (Lipinski definition) is 3. The quantitative estimate of drug-likeness (QED) is 0.770. The largest absolute Gasteiger partial charge is 0.486 e. The second-order valence-corrected chi connectivity index (χ2v) is 4.69. The average molecular weight is 293 g/mol. The summed E-state index contributed by atoms with van der Waals surface area (Å²) in [4.78, 5) is 12.1. The van der Waals surface area contributed by atoms with Gasteiger partial charge >= 0.3 is 0 Å². The van der Waals surface area contributed by atoms with Gasteiger partial charge in [0.2, 0.25) is 0 Å². The zero-order valence-corrected chi connectivity index (χ0v) is 11.9. The van der Waals surface area contributed by atoms with Gasteiger partial charge in [-0.1, -0.05) is 36.4 Å². The zero-order chi connectivity index (χ0) is 15.2. The van der Waals surface area contributed by atoms with Crippen molar-refractivity contribution in [3.63, 3.8) is 0 Å². The normalized spacial score (nSPS) is 10.2. The van der Waals surface area contributed by atoms with E-state index < -0.39 is 0 Å². The predicted molar refractivity (Wildman–Crippen MR) is 83.9 cm³/mol. The minimum atomic E-state index is -0.280. The van der Waals surface area contributed by atoms with Crippen molar-refractivity contribution in [2.75, 3.05) is 5.32 Å². The summed E-state index contributed by atoms with van der Waals surface area (Å²) in [6.07, 6.45) is 0. The summed E-state index contributed by atoms with van der Waals surface area (Å²) in [5.74, 6) is 1.34. The summed E-state index contributed by atoms with van der Waals surface area (Å²) in [6, 6.07) is 22.1. The molecule has 0 aliphatic rings. The van der Waals surface area contributed by atoms with Gasteiger partial charge in [0, 0.05) is 5.69 Å². The summed E-state index contributed by atoms with van der Waals surface area (Å²) >= 11 is 0. The second kappa shape index (κ2) is 6.63. The third kappa shape index (κ3) is 3.55. The van der Waals surface area contributed by atoms with Gasteiger partial charge in [0.1, 0.15) is 18.1 Å². The molecule has 1 heterocycles. The molecule has 0 atom stereocenters. The monoisotopic (exact) mass is 293 g/mol. The molecule has 0 radical (unpaired) electrons. The molecule has 0 unspecified atom stereocenters. The van der Waals surface area contributed by atoms with Crippen molar-refractivity contribution >= 4 is 11.6 Å². The van der Waals surface area contributed by atoms with Crippen molar-refractivity contribution < 1.29 is 13.9 Å². The van der Waals surface area contributed by atoms with Crippen LogP contribution >= 0.6 is 0 Å². The summed E-state index contributed by atoms with van der Waals surface area (Å²) in [5.41, 5.74) is 0.728. The van der Waals surface area contributed by atoms with Gasteiger partial charge in [-0.3, -0.25) is 4.79 Å². The van der Waals surface area contributed by atoms with Crippen LogP contribution in [0.2, 0.25) is 0 Å². The van der Waals surface area contributed by atoms with Gasteiger partial charge in [-0.2, -0.15) is 0 Å². The number of nitrogens with one attached hydrogen (secondary N) is 1. The zero-order valence-electron chi connectivity index (χ0n) is 11.9. The minimum absolute atomic E-state index is 0.260. The lowest BCUT2D eigenvalue weighted by Crippen LogP contribution is -2.10. The van der Waals surface area contributed by atoms with Crippen molar-refractivity contribution in [3.8, 4) is 5.75 Å². The van der Waals surface area contributed by atoms with Crippen LogP contribution in [0, 0.1) is 0 Å². The van der Waals surface area contributed by atoms with Gasteiger partial charge in [-0.25, -0.2) is 0 Å². The first kappa shape index (κ1) is 13.9. The van der Waals surface area contributed by atoms with Crippen molar-refractivity contribution in [3.05, 3.63) is 84.3 Å². The van der Waals surface area contributed by atoms with Crippen molar-refractivity contribution in [1.82, 2.24) is 0 Å². The highest BCUT2D eigenvalue weighted by molar-refractivity contribution is 6.02. The fraction of sp³-hybridized carbons (Fsp3) is 0.0556. The maximum Gasteiger partial charge on any atom is 0.291 e. The Hall–Kier alpha value is -3.01. The lowest BCUT2D eigenvalue weighted by Gasteiger charge is -2.04. The Morgan fingerprint density at radius 1 is 0.909 bits per heavy atom. The molecule has 4 heteroatoms. The summed E-state index contributed by atoms with van der Waals surface area (Å²) in [5, 5.41) is 2.77. The van der Waals surface area contributed by atoms with Gasteiger partial charge in [0.25, 0.3) is 5.91 Å². The highest BCUT2D eigenvalue weighted by Crippen LogP contribution is 2.15. The first-order chi connectivity index (χ1) is 10.8. The van der Waals surface area contributed by atoms with Crippen LogP contribution in [0.15, 0.2) is 77.2 Å². The van der Waals surface area contributed by atoms with E-state index in [0.29, 0.717) is 5.76 Å². The van der Waals surface area contributed by atoms with Crippen molar-refractivity contribution in [2.45, 2.75) is 6.61 Å². The van der Waals surface area contributed by atoms with Crippen molar-refractivity contribution in [1.29, 1.82) is 0 Å². The number of anilines is 1. The molecule has 0 fully saturated rings. The Bertz CT molecular complexity index is 735. The number of amides is 1. The topological polar surface area (TPSA) is 51.5 Å². The number of para-hydroxylation sites is 2. The highest BCUT2D eigenvalue weighted by atomic mass is 16.5. The number of hydrogen-bond donors (Lipinski definition) is 1. The molecule has 3 rings (SSSR count). The smallest absolute Gasteiger partial charge is 0.291 e. The van der Waals surface area contributed by atoms with E-state index in [-0.39, 0.29) is 18.3 Å². The van der Waals surface area contributed by atoms with E-state index in [1.54, 1.807) is 12.1 Å². The summed E-state index contributed by atoms with van der Waals surface area (Å²) in [7, 11) is 0. The molecule has 1 aromatic heterocycles. The molecule has 0 saturated carbocycles. The molecule has 1 amide bonds. The maximum absolute atomic E-state index is 12.1. The van der Waals surface area contributed by atoms with E-state index >= 15 is 0 Å². The molecule has 0 bridgehead atoms. The molecular formula is C18H15NO3. The summed E-state index contributed by atoms with van der Waals surface area (Å²) < 4.78 is 11.1. The highest BCUT2D eigenvalue weighted by Gasteiger charge is 2.11. The van der Waals surface area contributed by atoms with Crippen LogP contribution in [0.3, 0.4) is 0 Å². The van der Waals surface area contributed by atoms with Gasteiger partial charge in [0.15, 0.2) is 5.76 Å². The summed E-state index contributed by atoms with van der Waals surface area (Å²) in [6.45, 7) is 0.280. The van der Waals surface area contributed by atoms with Crippen molar-refractivity contribution in [2.24, 2.45) is 0 Å². The van der Waals surface area contributed by atoms with Crippen LogP contribution < -0.4 is 10.1 Å². The predicted octanol–water partition coefficient (Wildman–Crippen LogP) is 4.11. The van der Waals surface area contributed by atoms with Crippen LogP contribution in [-0.2, 0) is 6.61 Å². The maximum atomic E-state index is 12.1. The molecule has 0 saturated heterocycles. The SMILES string of the molecule is O=C(Nc1ccccc1)c1ccc(COc2ccccc2)o1. The Labute approximate surface area is 128 Å². The van der Waals surface area contributed by atoms with Gasteiger partial charge in [-0.15, -0.1) is 0 Å². The molecule has 22 heavy (non-hydrogen) atoms. The Morgan fingerprint density at radius 2 is 1.59 bits per heavy atom. The number of rotatable bonds is 5. The number of benzene rings is 2. The van der Waals surface area contributed by atoms with Crippen LogP contribution in [0.1, 0.15) is 16.3 Å². The average Bonchev–Trinajstić information content (AvgIpc) is 3.04. The van der Waals surface area contributed by atoms with E-state index in [9.17, 15) is 4.79 Å². The minimum Gasteiger partial charge on any atom is -0.486 e. The second-order valence-electron chi connectivity index (χ2n) is 4.69. The molecule has 0 aliphatic carbocycles. The van der Waals surface area contributed by atoms with Gasteiger partial charge < -0.3 is 14.5 Å². The standard InChI is InChI=1S/C18H15NO3/c20-18(19-14-7-3-1-4-8-14)17-12-11-16(22-17)13-21-15-9-5-2-6-10-15/h1-12H,13H2,(H,19,20). The Balaban J connectivity index is 1.60. The number of furan rings is 1. The molecular weight excluding hydrogens is 278 g/mol. The molecule has 110 valence electrons. The molecule has 0 aliphatic heterocycles. The van der Waals surface area contributed by atoms with E-state index in [2.05, 4.69) is 5.32 Å². The Kier molecular flexibility index (Phi) is 4.20. The molecule has 4 nitrogen and oxygen atoms in total. The molecule has 3 aromatic rings. The van der Waals surface area contributed by atoms with E-state index in [4.69, 9.17) is 9.15 Å². The van der Waals surface area contributed by atoms with Crippen LogP contribution in [-0.4, -0.2) is 5.91 Å². The first-order valence-corrected chi connectivity index (χ1v) is 6.94. The van der Waals surface area contributed by atoms with Crippen LogP contribution in [0.25, 0.3) is 0 Å². The van der Waals surface area contributed by atoms with Crippen LogP contribution in [0.4, 0.5) is 5.69 Å². The number of ether oxygens (including phenoxy) is 1. The lowest BCUT2D eigenvalue weighted by atomic mass is 10.3.